The normalized spacial score (nSPS) is 11.0. The third-order valence-corrected chi connectivity index (χ3v) is 2.07. The van der Waals surface area contributed by atoms with Crippen LogP contribution in [-0.4, -0.2) is 13.0 Å². The Balaban J connectivity index is 3.28. The first-order valence-electron chi connectivity index (χ1n) is 4.46. The lowest BCUT2D eigenvalue weighted by Gasteiger charge is -2.11. The number of halogens is 3. The van der Waals surface area contributed by atoms with Gasteiger partial charge in [0, 0.05) is 12.6 Å². The Kier molecular flexibility index (Phi) is 3.37. The number of nitrogens with one attached hydrogen (secondary N) is 1. The molecule has 0 aliphatic heterocycles. The predicted octanol–water partition coefficient (Wildman–Crippen LogP) is 2.71. The van der Waals surface area contributed by atoms with E-state index in [4.69, 9.17) is 0 Å². The maximum absolute atomic E-state index is 12.5. The fraction of sp³-hybridized carbons (Fsp3) is 0.182. The number of alkyl halides is 3. The average molecular weight is 229 g/mol. The molecule has 0 fully saturated rings. The molecule has 0 saturated carbocycles. The molecule has 0 radical (unpaired) electrons. The van der Waals surface area contributed by atoms with Gasteiger partial charge in [-0.1, -0.05) is 12.7 Å². The van der Waals surface area contributed by atoms with Crippen LogP contribution in [0.4, 0.5) is 13.2 Å². The van der Waals surface area contributed by atoms with Crippen molar-refractivity contribution < 1.29 is 18.0 Å². The maximum Gasteiger partial charge on any atom is 0.416 e. The van der Waals surface area contributed by atoms with Crippen LogP contribution in [0.3, 0.4) is 0 Å². The lowest BCUT2D eigenvalue weighted by Crippen LogP contribution is -2.18. The quantitative estimate of drug-likeness (QED) is 0.830. The van der Waals surface area contributed by atoms with Gasteiger partial charge in [0.25, 0.3) is 5.91 Å². The van der Waals surface area contributed by atoms with E-state index in [0.717, 1.165) is 24.3 Å². The Hall–Kier alpha value is -1.78. The lowest BCUT2D eigenvalue weighted by atomic mass is 10.0. The second-order valence-electron chi connectivity index (χ2n) is 3.08. The van der Waals surface area contributed by atoms with Crippen LogP contribution in [0.1, 0.15) is 21.5 Å². The molecule has 1 aromatic carbocycles. The summed E-state index contributed by atoms with van der Waals surface area (Å²) in [4.78, 5) is 11.2. The van der Waals surface area contributed by atoms with E-state index in [2.05, 4.69) is 11.9 Å². The zero-order valence-electron chi connectivity index (χ0n) is 8.56. The van der Waals surface area contributed by atoms with Gasteiger partial charge in [0.05, 0.1) is 5.56 Å². The van der Waals surface area contributed by atoms with Gasteiger partial charge in [0.1, 0.15) is 0 Å². The summed E-state index contributed by atoms with van der Waals surface area (Å²) in [5.41, 5.74) is -0.728. The van der Waals surface area contributed by atoms with E-state index >= 15 is 0 Å². The van der Waals surface area contributed by atoms with Gasteiger partial charge in [-0.2, -0.15) is 13.2 Å². The molecule has 1 aromatic rings. The van der Waals surface area contributed by atoms with Crippen LogP contribution >= 0.6 is 0 Å². The maximum atomic E-state index is 12.5. The van der Waals surface area contributed by atoms with E-state index in [9.17, 15) is 18.0 Å². The van der Waals surface area contributed by atoms with Crippen molar-refractivity contribution in [2.45, 2.75) is 6.18 Å². The predicted molar refractivity (Wildman–Crippen MR) is 54.9 cm³/mol. The monoisotopic (exact) mass is 229 g/mol. The molecule has 2 nitrogen and oxygen atoms in total. The van der Waals surface area contributed by atoms with Crippen molar-refractivity contribution in [2.24, 2.45) is 0 Å². The van der Waals surface area contributed by atoms with Crippen LogP contribution < -0.4 is 5.32 Å². The molecule has 0 bridgehead atoms. The zero-order chi connectivity index (χ0) is 12.3. The molecule has 0 unspecified atom stereocenters. The molecule has 16 heavy (non-hydrogen) atoms. The molecule has 0 aromatic heterocycles. The standard InChI is InChI=1S/C11H10F3NO/c1-3-7-6-8(10(16)15-2)4-5-9(7)11(12,13)14/h3-6H,1H2,2H3,(H,15,16). The van der Waals surface area contributed by atoms with Gasteiger partial charge < -0.3 is 5.32 Å². The summed E-state index contributed by atoms with van der Waals surface area (Å²) in [5, 5.41) is 2.34. The van der Waals surface area contributed by atoms with E-state index in [-0.39, 0.29) is 11.1 Å². The van der Waals surface area contributed by atoms with Crippen LogP contribution in [0.25, 0.3) is 6.08 Å². The first-order valence-corrected chi connectivity index (χ1v) is 4.46. The number of rotatable bonds is 2. The number of amides is 1. The molecule has 1 N–H and O–H groups in total. The summed E-state index contributed by atoms with van der Waals surface area (Å²) in [6, 6.07) is 3.17. The summed E-state index contributed by atoms with van der Waals surface area (Å²) in [7, 11) is 1.41. The molecular weight excluding hydrogens is 219 g/mol. The molecule has 0 spiro atoms. The van der Waals surface area contributed by atoms with Crippen LogP contribution in [0, 0.1) is 0 Å². The second-order valence-corrected chi connectivity index (χ2v) is 3.08. The van der Waals surface area contributed by atoms with E-state index in [1.165, 1.54) is 7.05 Å². The third kappa shape index (κ3) is 2.42. The van der Waals surface area contributed by atoms with Crippen molar-refractivity contribution in [3.05, 3.63) is 41.5 Å². The van der Waals surface area contributed by atoms with Crippen LogP contribution in [0.2, 0.25) is 0 Å². The molecule has 1 amide bonds. The Morgan fingerprint density at radius 1 is 1.44 bits per heavy atom. The third-order valence-electron chi connectivity index (χ3n) is 2.07. The van der Waals surface area contributed by atoms with E-state index in [1.807, 2.05) is 0 Å². The molecule has 1 rings (SSSR count). The highest BCUT2D eigenvalue weighted by atomic mass is 19.4. The Morgan fingerprint density at radius 3 is 2.50 bits per heavy atom. The van der Waals surface area contributed by atoms with Gasteiger partial charge in [0.15, 0.2) is 0 Å². The van der Waals surface area contributed by atoms with Crippen molar-refractivity contribution >= 4 is 12.0 Å². The van der Waals surface area contributed by atoms with E-state index in [0.29, 0.717) is 0 Å². The smallest absolute Gasteiger partial charge is 0.355 e. The topological polar surface area (TPSA) is 29.1 Å². The van der Waals surface area contributed by atoms with Gasteiger partial charge in [0.2, 0.25) is 0 Å². The molecular formula is C11H10F3NO. The van der Waals surface area contributed by atoms with Gasteiger partial charge in [-0.3, -0.25) is 4.79 Å². The molecule has 0 aliphatic rings. The van der Waals surface area contributed by atoms with Gasteiger partial charge >= 0.3 is 6.18 Å². The number of benzene rings is 1. The zero-order valence-corrected chi connectivity index (χ0v) is 8.56. The first kappa shape index (κ1) is 12.3. The van der Waals surface area contributed by atoms with Gasteiger partial charge in [-0.15, -0.1) is 0 Å². The summed E-state index contributed by atoms with van der Waals surface area (Å²) < 4.78 is 37.5. The number of hydrogen-bond acceptors (Lipinski definition) is 1. The fourth-order valence-electron chi connectivity index (χ4n) is 1.28. The molecule has 86 valence electrons. The minimum atomic E-state index is -4.44. The average Bonchev–Trinajstić information content (AvgIpc) is 2.25. The first-order chi connectivity index (χ1) is 7.40. The van der Waals surface area contributed by atoms with Crippen molar-refractivity contribution in [2.75, 3.05) is 7.05 Å². The Morgan fingerprint density at radius 2 is 2.06 bits per heavy atom. The molecule has 5 heteroatoms. The van der Waals surface area contributed by atoms with Crippen LogP contribution in [0.15, 0.2) is 24.8 Å². The van der Waals surface area contributed by atoms with Crippen molar-refractivity contribution in [1.29, 1.82) is 0 Å². The SMILES string of the molecule is C=Cc1cc(C(=O)NC)ccc1C(F)(F)F. The fourth-order valence-corrected chi connectivity index (χ4v) is 1.28. The largest absolute Gasteiger partial charge is 0.416 e. The Bertz CT molecular complexity index is 424. The Labute approximate surface area is 90.8 Å². The number of carbonyl (C=O) groups excluding carboxylic acids is 1. The molecule has 0 heterocycles. The van der Waals surface area contributed by atoms with Crippen LogP contribution in [0.5, 0.6) is 0 Å². The number of hydrogen-bond donors (Lipinski definition) is 1. The summed E-state index contributed by atoms with van der Waals surface area (Å²) in [6.07, 6.45) is -3.36. The van der Waals surface area contributed by atoms with E-state index in [1.54, 1.807) is 0 Å². The minimum Gasteiger partial charge on any atom is -0.355 e. The van der Waals surface area contributed by atoms with Crippen LogP contribution in [-0.2, 0) is 6.18 Å². The summed E-state index contributed by atoms with van der Waals surface area (Å²) >= 11 is 0. The molecule has 0 saturated heterocycles. The molecule has 0 aliphatic carbocycles. The number of carbonyl (C=O) groups is 1. The summed E-state index contributed by atoms with van der Waals surface area (Å²) in [5.74, 6) is -0.433. The second kappa shape index (κ2) is 4.38. The van der Waals surface area contributed by atoms with Crippen molar-refractivity contribution in [3.8, 4) is 0 Å². The summed E-state index contributed by atoms with van der Waals surface area (Å²) in [6.45, 7) is 3.30. The lowest BCUT2D eigenvalue weighted by molar-refractivity contribution is -0.137. The highest BCUT2D eigenvalue weighted by Gasteiger charge is 2.32. The highest BCUT2D eigenvalue weighted by Crippen LogP contribution is 2.32. The molecule has 0 atom stereocenters. The minimum absolute atomic E-state index is 0.103. The van der Waals surface area contributed by atoms with E-state index < -0.39 is 17.6 Å². The van der Waals surface area contributed by atoms with Gasteiger partial charge in [-0.25, -0.2) is 0 Å². The highest BCUT2D eigenvalue weighted by molar-refractivity contribution is 5.94. The van der Waals surface area contributed by atoms with Crippen molar-refractivity contribution in [1.82, 2.24) is 5.32 Å². The van der Waals surface area contributed by atoms with Gasteiger partial charge in [-0.05, 0) is 23.8 Å². The van der Waals surface area contributed by atoms with Crippen molar-refractivity contribution in [3.63, 3.8) is 0 Å².